The predicted octanol–water partition coefficient (Wildman–Crippen LogP) is 3.95. The molecule has 0 saturated carbocycles. The second kappa shape index (κ2) is 9.75. The molecule has 1 aromatic carbocycles. The Hall–Kier alpha value is -2.32. The Bertz CT molecular complexity index is 890. The maximum absolute atomic E-state index is 12.1. The first kappa shape index (κ1) is 20.4. The molecule has 148 valence electrons. The summed E-state index contributed by atoms with van der Waals surface area (Å²) in [4.78, 5) is 13.1. The Kier molecular flexibility index (Phi) is 7.11. The lowest BCUT2D eigenvalue weighted by atomic mass is 10.0. The van der Waals surface area contributed by atoms with Gasteiger partial charge in [0.15, 0.2) is 11.0 Å². The second-order valence-corrected chi connectivity index (χ2v) is 8.44. The van der Waals surface area contributed by atoms with Crippen LogP contribution in [-0.4, -0.2) is 39.6 Å². The first-order chi connectivity index (χ1) is 13.5. The molecule has 0 saturated heterocycles. The van der Waals surface area contributed by atoms with E-state index in [1.165, 1.54) is 17.3 Å². The van der Waals surface area contributed by atoms with Crippen molar-refractivity contribution in [1.29, 1.82) is 0 Å². The van der Waals surface area contributed by atoms with E-state index in [9.17, 15) is 4.79 Å². The molecule has 0 bridgehead atoms. The number of hydrogen-bond donors (Lipinski definition) is 1. The Morgan fingerprint density at radius 1 is 1.25 bits per heavy atom. The number of benzene rings is 1. The maximum atomic E-state index is 12.1. The van der Waals surface area contributed by atoms with E-state index < -0.39 is 0 Å². The lowest BCUT2D eigenvalue weighted by Crippen LogP contribution is -2.29. The molecule has 1 amide bonds. The summed E-state index contributed by atoms with van der Waals surface area (Å²) in [7, 11) is 1.91. The molecule has 3 rings (SSSR count). The highest BCUT2D eigenvalue weighted by Crippen LogP contribution is 2.25. The van der Waals surface area contributed by atoms with Gasteiger partial charge in [-0.05, 0) is 35.1 Å². The number of nitrogens with one attached hydrogen (secondary N) is 1. The molecule has 0 radical (unpaired) electrons. The molecule has 6 nitrogen and oxygen atoms in total. The van der Waals surface area contributed by atoms with E-state index in [-0.39, 0.29) is 5.91 Å². The van der Waals surface area contributed by atoms with Crippen LogP contribution in [0, 0.1) is 0 Å². The highest BCUT2D eigenvalue weighted by Gasteiger charge is 2.13. The van der Waals surface area contributed by atoms with Crippen molar-refractivity contribution in [2.45, 2.75) is 24.9 Å². The number of nitrogens with zero attached hydrogens (tertiary/aromatic N) is 3. The molecule has 0 fully saturated rings. The Labute approximate surface area is 173 Å². The van der Waals surface area contributed by atoms with Gasteiger partial charge in [0.25, 0.3) is 0 Å². The van der Waals surface area contributed by atoms with Crippen molar-refractivity contribution in [1.82, 2.24) is 20.1 Å². The number of rotatable bonds is 9. The summed E-state index contributed by atoms with van der Waals surface area (Å²) < 4.78 is 7.58. The van der Waals surface area contributed by atoms with Crippen molar-refractivity contribution in [3.8, 4) is 16.5 Å². The standard InChI is InChI=1S/C20H24N4O2S2/c1-14(2)15-6-8-16(9-7-15)26-11-10-21-18(25)13-28-20-23-22-19(24(20)3)17-5-4-12-27-17/h4-9,12,14H,10-11,13H2,1-3H3,(H,21,25). The van der Waals surface area contributed by atoms with E-state index in [1.54, 1.807) is 11.3 Å². The van der Waals surface area contributed by atoms with Crippen LogP contribution in [-0.2, 0) is 11.8 Å². The van der Waals surface area contributed by atoms with Crippen LogP contribution >= 0.6 is 23.1 Å². The largest absolute Gasteiger partial charge is 0.492 e. The van der Waals surface area contributed by atoms with Gasteiger partial charge < -0.3 is 14.6 Å². The molecule has 1 N–H and O–H groups in total. The van der Waals surface area contributed by atoms with E-state index in [0.29, 0.717) is 24.8 Å². The van der Waals surface area contributed by atoms with Gasteiger partial charge in [0.05, 0.1) is 17.2 Å². The number of carbonyl (C=O) groups excluding carboxylic acids is 1. The molecule has 2 aromatic heterocycles. The molecule has 3 aromatic rings. The van der Waals surface area contributed by atoms with E-state index in [1.807, 2.05) is 41.3 Å². The van der Waals surface area contributed by atoms with E-state index in [0.717, 1.165) is 21.6 Å². The van der Waals surface area contributed by atoms with Crippen molar-refractivity contribution < 1.29 is 9.53 Å². The fraction of sp³-hybridized carbons (Fsp3) is 0.350. The average Bonchev–Trinajstić information content (AvgIpc) is 3.33. The Morgan fingerprint density at radius 2 is 2.04 bits per heavy atom. The zero-order chi connectivity index (χ0) is 19.9. The van der Waals surface area contributed by atoms with Gasteiger partial charge in [-0.1, -0.05) is 43.8 Å². The molecule has 0 atom stereocenters. The number of thiophene rings is 1. The van der Waals surface area contributed by atoms with Gasteiger partial charge in [0.2, 0.25) is 5.91 Å². The minimum absolute atomic E-state index is 0.0515. The molecular weight excluding hydrogens is 392 g/mol. The molecule has 0 spiro atoms. The van der Waals surface area contributed by atoms with Gasteiger partial charge in [-0.25, -0.2) is 0 Å². The maximum Gasteiger partial charge on any atom is 0.230 e. The quantitative estimate of drug-likeness (QED) is 0.422. The van der Waals surface area contributed by atoms with Gasteiger partial charge in [-0.15, -0.1) is 21.5 Å². The molecule has 0 unspecified atom stereocenters. The summed E-state index contributed by atoms with van der Waals surface area (Å²) >= 11 is 2.99. The SMILES string of the molecule is CC(C)c1ccc(OCCNC(=O)CSc2nnc(-c3cccs3)n2C)cc1. The summed E-state index contributed by atoms with van der Waals surface area (Å²) in [6.07, 6.45) is 0. The van der Waals surface area contributed by atoms with Crippen LogP contribution in [0.3, 0.4) is 0 Å². The third-order valence-electron chi connectivity index (χ3n) is 4.15. The minimum Gasteiger partial charge on any atom is -0.492 e. The Morgan fingerprint density at radius 3 is 2.71 bits per heavy atom. The van der Waals surface area contributed by atoms with Gasteiger partial charge in [-0.2, -0.15) is 0 Å². The molecule has 8 heteroatoms. The summed E-state index contributed by atoms with van der Waals surface area (Å²) in [6.45, 7) is 5.22. The fourth-order valence-electron chi connectivity index (χ4n) is 2.55. The summed E-state index contributed by atoms with van der Waals surface area (Å²) in [5.74, 6) is 2.37. The highest BCUT2D eigenvalue weighted by molar-refractivity contribution is 7.99. The number of aromatic nitrogens is 3. The van der Waals surface area contributed by atoms with Crippen LogP contribution in [0.4, 0.5) is 0 Å². The van der Waals surface area contributed by atoms with Gasteiger partial charge in [-0.3, -0.25) is 4.79 Å². The molecule has 0 aliphatic carbocycles. The van der Waals surface area contributed by atoms with Crippen LogP contribution in [0.1, 0.15) is 25.3 Å². The highest BCUT2D eigenvalue weighted by atomic mass is 32.2. The first-order valence-electron chi connectivity index (χ1n) is 9.10. The van der Waals surface area contributed by atoms with Crippen molar-refractivity contribution in [3.63, 3.8) is 0 Å². The van der Waals surface area contributed by atoms with Crippen LogP contribution in [0.25, 0.3) is 10.7 Å². The third-order valence-corrected chi connectivity index (χ3v) is 6.03. The smallest absolute Gasteiger partial charge is 0.230 e. The normalized spacial score (nSPS) is 11.0. The molecule has 0 aliphatic heterocycles. The van der Waals surface area contributed by atoms with Crippen molar-refractivity contribution >= 4 is 29.0 Å². The second-order valence-electron chi connectivity index (χ2n) is 6.55. The van der Waals surface area contributed by atoms with Crippen molar-refractivity contribution in [2.75, 3.05) is 18.9 Å². The van der Waals surface area contributed by atoms with Gasteiger partial charge >= 0.3 is 0 Å². The third kappa shape index (κ3) is 5.36. The van der Waals surface area contributed by atoms with Crippen molar-refractivity contribution in [3.05, 3.63) is 47.3 Å². The lowest BCUT2D eigenvalue weighted by Gasteiger charge is -2.09. The van der Waals surface area contributed by atoms with Crippen LogP contribution in [0.15, 0.2) is 46.9 Å². The van der Waals surface area contributed by atoms with E-state index in [2.05, 4.69) is 41.5 Å². The molecular formula is C20H24N4O2S2. The topological polar surface area (TPSA) is 69.0 Å². The van der Waals surface area contributed by atoms with Crippen LogP contribution in [0.5, 0.6) is 5.75 Å². The summed E-state index contributed by atoms with van der Waals surface area (Å²) in [6, 6.07) is 12.1. The minimum atomic E-state index is -0.0515. The number of carbonyl (C=O) groups is 1. The number of ether oxygens (including phenoxy) is 1. The summed E-state index contributed by atoms with van der Waals surface area (Å²) in [5, 5.41) is 14.0. The summed E-state index contributed by atoms with van der Waals surface area (Å²) in [5.41, 5.74) is 1.28. The first-order valence-corrected chi connectivity index (χ1v) is 11.0. The van der Waals surface area contributed by atoms with Crippen LogP contribution < -0.4 is 10.1 Å². The van der Waals surface area contributed by atoms with Crippen molar-refractivity contribution in [2.24, 2.45) is 7.05 Å². The number of amides is 1. The van der Waals surface area contributed by atoms with E-state index >= 15 is 0 Å². The number of thioether (sulfide) groups is 1. The van der Waals surface area contributed by atoms with Gasteiger partial charge in [0.1, 0.15) is 12.4 Å². The zero-order valence-electron chi connectivity index (χ0n) is 16.2. The predicted molar refractivity (Wildman–Crippen MR) is 114 cm³/mol. The Balaban J connectivity index is 1.38. The lowest BCUT2D eigenvalue weighted by molar-refractivity contribution is -0.118. The van der Waals surface area contributed by atoms with Crippen LogP contribution in [0.2, 0.25) is 0 Å². The number of hydrogen-bond acceptors (Lipinski definition) is 6. The molecule has 2 heterocycles. The van der Waals surface area contributed by atoms with E-state index in [4.69, 9.17) is 4.74 Å². The van der Waals surface area contributed by atoms with Gasteiger partial charge in [0, 0.05) is 7.05 Å². The molecule has 28 heavy (non-hydrogen) atoms. The fourth-order valence-corrected chi connectivity index (χ4v) is 4.04. The zero-order valence-corrected chi connectivity index (χ0v) is 17.8. The average molecular weight is 417 g/mol. The molecule has 0 aliphatic rings. The monoisotopic (exact) mass is 416 g/mol.